The molecule has 1 aromatic carbocycles. The second kappa shape index (κ2) is 6.26. The molecule has 1 aliphatic rings. The second-order valence-corrected chi connectivity index (χ2v) is 7.26. The number of methoxy groups -OCH3 is 1. The Hall–Kier alpha value is -0.975. The molecule has 120 valence electrons. The number of carbonyl (C=O) groups excluding carboxylic acids is 1. The molecule has 0 N–H and O–H groups in total. The number of carbonyl (C=O) groups is 1. The molecule has 0 amide bonds. The predicted octanol–water partition coefficient (Wildman–Crippen LogP) is 2.42. The van der Waals surface area contributed by atoms with Crippen molar-refractivity contribution in [3.63, 3.8) is 0 Å². The third-order valence-corrected chi connectivity index (χ3v) is 5.22. The smallest absolute Gasteiger partial charge is 0.469 e. The molecular weight excluding hydrogens is 299 g/mol. The van der Waals surface area contributed by atoms with Crippen molar-refractivity contribution in [1.82, 2.24) is 0 Å². The second-order valence-electron chi connectivity index (χ2n) is 6.41. The fourth-order valence-corrected chi connectivity index (χ4v) is 2.92. The number of thioether (sulfide) groups is 1. The lowest BCUT2D eigenvalue weighted by Gasteiger charge is -2.32. The summed E-state index contributed by atoms with van der Waals surface area (Å²) in [6, 6.07) is 5.94. The van der Waals surface area contributed by atoms with Crippen LogP contribution in [0.1, 0.15) is 33.3 Å². The molecule has 0 saturated carbocycles. The summed E-state index contributed by atoms with van der Waals surface area (Å²) in [6.45, 7) is 8.14. The highest BCUT2D eigenvalue weighted by atomic mass is 32.2. The highest BCUT2D eigenvalue weighted by molar-refractivity contribution is 7.98. The monoisotopic (exact) mass is 322 g/mol. The fourth-order valence-electron chi connectivity index (χ4n) is 2.26. The summed E-state index contributed by atoms with van der Waals surface area (Å²) in [7, 11) is 1.02. The third kappa shape index (κ3) is 3.34. The molecule has 0 unspecified atom stereocenters. The fraction of sp³-hybridized carbons (Fsp3) is 0.562. The van der Waals surface area contributed by atoms with E-state index in [0.29, 0.717) is 0 Å². The van der Waals surface area contributed by atoms with Crippen molar-refractivity contribution in [2.45, 2.75) is 50.2 Å². The molecule has 1 heterocycles. The van der Waals surface area contributed by atoms with Gasteiger partial charge < -0.3 is 14.0 Å². The number of ether oxygens (including phenoxy) is 1. The third-order valence-electron chi connectivity index (χ3n) is 4.40. The maximum atomic E-state index is 11.5. The Kier molecular flexibility index (Phi) is 4.95. The first-order valence-corrected chi connectivity index (χ1v) is 8.52. The highest BCUT2D eigenvalue weighted by Crippen LogP contribution is 2.36. The first-order valence-electron chi connectivity index (χ1n) is 7.29. The zero-order valence-corrected chi connectivity index (χ0v) is 14.9. The van der Waals surface area contributed by atoms with Crippen molar-refractivity contribution in [3.05, 3.63) is 23.8 Å². The SMILES string of the molecule is COC(=O)Cc1ccc(B2OC(C)(C)C(C)(C)O2)cc1SC. The molecule has 6 heteroatoms. The van der Waals surface area contributed by atoms with Gasteiger partial charge in [0.1, 0.15) is 0 Å². The normalized spacial score (nSPS) is 19.3. The van der Waals surface area contributed by atoms with Crippen LogP contribution in [-0.2, 0) is 25.3 Å². The molecule has 1 aromatic rings. The van der Waals surface area contributed by atoms with Crippen LogP contribution >= 0.6 is 11.8 Å². The molecule has 1 saturated heterocycles. The average Bonchev–Trinajstić information content (AvgIpc) is 2.67. The Morgan fingerprint density at radius 2 is 1.82 bits per heavy atom. The first kappa shape index (κ1) is 17.4. The van der Waals surface area contributed by atoms with E-state index >= 15 is 0 Å². The Balaban J connectivity index is 2.26. The molecule has 2 rings (SSSR count). The van der Waals surface area contributed by atoms with E-state index in [0.717, 1.165) is 15.9 Å². The summed E-state index contributed by atoms with van der Waals surface area (Å²) in [4.78, 5) is 12.5. The molecule has 0 aliphatic carbocycles. The van der Waals surface area contributed by atoms with Crippen molar-refractivity contribution in [2.75, 3.05) is 13.4 Å². The van der Waals surface area contributed by atoms with Gasteiger partial charge >= 0.3 is 13.1 Å². The predicted molar refractivity (Wildman–Crippen MR) is 89.7 cm³/mol. The first-order chi connectivity index (χ1) is 10.2. The minimum absolute atomic E-state index is 0.237. The van der Waals surface area contributed by atoms with Gasteiger partial charge in [-0.25, -0.2) is 0 Å². The lowest BCUT2D eigenvalue weighted by Crippen LogP contribution is -2.41. The lowest BCUT2D eigenvalue weighted by molar-refractivity contribution is -0.139. The zero-order valence-electron chi connectivity index (χ0n) is 14.1. The molecule has 1 fully saturated rings. The molecule has 0 atom stereocenters. The van der Waals surface area contributed by atoms with E-state index in [1.54, 1.807) is 11.8 Å². The van der Waals surface area contributed by atoms with E-state index in [1.165, 1.54) is 7.11 Å². The van der Waals surface area contributed by atoms with Crippen LogP contribution in [0.15, 0.2) is 23.1 Å². The summed E-state index contributed by atoms with van der Waals surface area (Å²) in [5, 5.41) is 0. The van der Waals surface area contributed by atoms with Crippen molar-refractivity contribution in [2.24, 2.45) is 0 Å². The standard InChI is InChI=1S/C16H23BO4S/c1-15(2)16(3,4)21-17(20-15)12-8-7-11(9-14(18)19-5)13(10-12)22-6/h7-8,10H,9H2,1-6H3. The van der Waals surface area contributed by atoms with E-state index in [-0.39, 0.29) is 30.7 Å². The van der Waals surface area contributed by atoms with Gasteiger partial charge in [-0.05, 0) is 51.0 Å². The highest BCUT2D eigenvalue weighted by Gasteiger charge is 2.51. The van der Waals surface area contributed by atoms with Crippen LogP contribution < -0.4 is 5.46 Å². The van der Waals surface area contributed by atoms with Gasteiger partial charge in [-0.15, -0.1) is 11.8 Å². The van der Waals surface area contributed by atoms with E-state index in [1.807, 2.05) is 52.1 Å². The summed E-state index contributed by atoms with van der Waals surface area (Å²) in [6.07, 6.45) is 2.26. The average molecular weight is 322 g/mol. The Morgan fingerprint density at radius 1 is 1.23 bits per heavy atom. The van der Waals surface area contributed by atoms with Crippen LogP contribution in [0, 0.1) is 0 Å². The zero-order chi connectivity index (χ0) is 16.5. The minimum atomic E-state index is -0.386. The quantitative estimate of drug-likeness (QED) is 0.484. The van der Waals surface area contributed by atoms with Crippen molar-refractivity contribution in [3.8, 4) is 0 Å². The molecule has 0 aromatic heterocycles. The van der Waals surface area contributed by atoms with Gasteiger partial charge in [-0.2, -0.15) is 0 Å². The van der Waals surface area contributed by atoms with Crippen molar-refractivity contribution < 1.29 is 18.8 Å². The molecule has 22 heavy (non-hydrogen) atoms. The van der Waals surface area contributed by atoms with Crippen LogP contribution in [0.4, 0.5) is 0 Å². The number of hydrogen-bond donors (Lipinski definition) is 0. The van der Waals surface area contributed by atoms with Crippen LogP contribution in [0.3, 0.4) is 0 Å². The largest absolute Gasteiger partial charge is 0.494 e. The Morgan fingerprint density at radius 3 is 2.32 bits per heavy atom. The van der Waals surface area contributed by atoms with Gasteiger partial charge in [0.2, 0.25) is 0 Å². The molecule has 4 nitrogen and oxygen atoms in total. The molecule has 0 spiro atoms. The maximum Gasteiger partial charge on any atom is 0.494 e. The molecule has 0 bridgehead atoms. The van der Waals surface area contributed by atoms with Gasteiger partial charge in [0.05, 0.1) is 24.7 Å². The number of benzene rings is 1. The number of esters is 1. The van der Waals surface area contributed by atoms with Gasteiger partial charge in [0.15, 0.2) is 0 Å². The van der Waals surface area contributed by atoms with Crippen LogP contribution in [0.25, 0.3) is 0 Å². The summed E-state index contributed by atoms with van der Waals surface area (Å²) >= 11 is 1.60. The van der Waals surface area contributed by atoms with Gasteiger partial charge in [-0.1, -0.05) is 12.1 Å². The summed E-state index contributed by atoms with van der Waals surface area (Å²) < 4.78 is 16.9. The van der Waals surface area contributed by atoms with E-state index < -0.39 is 0 Å². The van der Waals surface area contributed by atoms with Gasteiger partial charge in [0.25, 0.3) is 0 Å². The maximum absolute atomic E-state index is 11.5. The van der Waals surface area contributed by atoms with Crippen molar-refractivity contribution in [1.29, 1.82) is 0 Å². The Bertz CT molecular complexity index is 555. The van der Waals surface area contributed by atoms with Crippen LogP contribution in [-0.4, -0.2) is 37.7 Å². The minimum Gasteiger partial charge on any atom is -0.469 e. The number of hydrogen-bond acceptors (Lipinski definition) is 5. The van der Waals surface area contributed by atoms with E-state index in [9.17, 15) is 4.79 Å². The summed E-state index contributed by atoms with van der Waals surface area (Å²) in [5.74, 6) is -0.237. The van der Waals surface area contributed by atoms with E-state index in [4.69, 9.17) is 14.0 Å². The molecule has 1 aliphatic heterocycles. The van der Waals surface area contributed by atoms with Gasteiger partial charge in [0, 0.05) is 4.90 Å². The molecular formula is C16H23BO4S. The summed E-state index contributed by atoms with van der Waals surface area (Å²) in [5.41, 5.74) is 1.21. The van der Waals surface area contributed by atoms with Gasteiger partial charge in [-0.3, -0.25) is 4.79 Å². The van der Waals surface area contributed by atoms with Crippen LogP contribution in [0.2, 0.25) is 0 Å². The van der Waals surface area contributed by atoms with E-state index in [2.05, 4.69) is 0 Å². The van der Waals surface area contributed by atoms with Crippen LogP contribution in [0.5, 0.6) is 0 Å². The topological polar surface area (TPSA) is 44.8 Å². The molecule has 0 radical (unpaired) electrons. The lowest BCUT2D eigenvalue weighted by atomic mass is 9.78. The van der Waals surface area contributed by atoms with Crippen molar-refractivity contribution >= 4 is 30.3 Å². The Labute approximate surface area is 137 Å². The number of rotatable bonds is 4.